The standard InChI is InChI=1S/C15H12BrNO5/c1-21-15(18)11-5-6-13(17(19)20)14(8-11)22-9-10-3-2-4-12(16)7-10/h2-8H,9H2,1H3. The maximum atomic E-state index is 11.5. The maximum Gasteiger partial charge on any atom is 0.337 e. The lowest BCUT2D eigenvalue weighted by atomic mass is 10.2. The molecule has 0 amide bonds. The number of methoxy groups -OCH3 is 1. The molecular weight excluding hydrogens is 354 g/mol. The predicted octanol–water partition coefficient (Wildman–Crippen LogP) is 3.72. The maximum absolute atomic E-state index is 11.5. The van der Waals surface area contributed by atoms with E-state index in [0.29, 0.717) is 0 Å². The number of nitro groups is 1. The van der Waals surface area contributed by atoms with Gasteiger partial charge in [-0.05, 0) is 23.8 Å². The smallest absolute Gasteiger partial charge is 0.337 e. The topological polar surface area (TPSA) is 78.7 Å². The predicted molar refractivity (Wildman–Crippen MR) is 82.9 cm³/mol. The van der Waals surface area contributed by atoms with E-state index < -0.39 is 10.9 Å². The van der Waals surface area contributed by atoms with Crippen molar-refractivity contribution in [3.05, 3.63) is 68.2 Å². The molecule has 0 atom stereocenters. The number of ether oxygens (including phenoxy) is 2. The summed E-state index contributed by atoms with van der Waals surface area (Å²) < 4.78 is 11.0. The average Bonchev–Trinajstić information content (AvgIpc) is 2.51. The fraction of sp³-hybridized carbons (Fsp3) is 0.133. The monoisotopic (exact) mass is 365 g/mol. The molecule has 0 N–H and O–H groups in total. The molecule has 7 heteroatoms. The molecule has 0 heterocycles. The number of nitro benzene ring substituents is 1. The van der Waals surface area contributed by atoms with Gasteiger partial charge in [-0.3, -0.25) is 10.1 Å². The zero-order valence-electron chi connectivity index (χ0n) is 11.6. The van der Waals surface area contributed by atoms with Gasteiger partial charge in [0.05, 0.1) is 17.6 Å². The third-order valence-corrected chi connectivity index (χ3v) is 3.35. The van der Waals surface area contributed by atoms with Crippen molar-refractivity contribution >= 4 is 27.6 Å². The first kappa shape index (κ1) is 16.0. The van der Waals surface area contributed by atoms with Gasteiger partial charge in [0, 0.05) is 16.6 Å². The lowest BCUT2D eigenvalue weighted by molar-refractivity contribution is -0.385. The lowest BCUT2D eigenvalue weighted by Gasteiger charge is -2.08. The van der Waals surface area contributed by atoms with Gasteiger partial charge in [0.15, 0.2) is 5.75 Å². The molecule has 0 fully saturated rings. The van der Waals surface area contributed by atoms with Crippen molar-refractivity contribution in [3.8, 4) is 5.75 Å². The Morgan fingerprint density at radius 3 is 2.68 bits per heavy atom. The largest absolute Gasteiger partial charge is 0.482 e. The van der Waals surface area contributed by atoms with Crippen molar-refractivity contribution in [2.24, 2.45) is 0 Å². The van der Waals surface area contributed by atoms with Crippen LogP contribution in [0.5, 0.6) is 5.75 Å². The summed E-state index contributed by atoms with van der Waals surface area (Å²) in [7, 11) is 1.24. The van der Waals surface area contributed by atoms with Crippen LogP contribution in [0.2, 0.25) is 0 Å². The van der Waals surface area contributed by atoms with Gasteiger partial charge in [-0.2, -0.15) is 0 Å². The molecule has 0 unspecified atom stereocenters. The van der Waals surface area contributed by atoms with Crippen molar-refractivity contribution in [2.45, 2.75) is 6.61 Å². The molecule has 22 heavy (non-hydrogen) atoms. The van der Waals surface area contributed by atoms with Gasteiger partial charge in [0.1, 0.15) is 6.61 Å². The summed E-state index contributed by atoms with van der Waals surface area (Å²) in [5.74, 6) is -0.560. The first-order valence-electron chi connectivity index (χ1n) is 6.25. The molecule has 0 bridgehead atoms. The van der Waals surface area contributed by atoms with Gasteiger partial charge in [-0.1, -0.05) is 28.1 Å². The van der Waals surface area contributed by atoms with E-state index in [1.807, 2.05) is 24.3 Å². The number of nitrogens with zero attached hydrogens (tertiary/aromatic N) is 1. The second kappa shape index (κ2) is 7.04. The molecule has 0 radical (unpaired) electrons. The average molecular weight is 366 g/mol. The minimum atomic E-state index is -0.581. The molecule has 2 aromatic rings. The van der Waals surface area contributed by atoms with E-state index in [1.165, 1.54) is 25.3 Å². The summed E-state index contributed by atoms with van der Waals surface area (Å²) >= 11 is 3.34. The molecule has 0 aliphatic heterocycles. The number of halogens is 1. The zero-order chi connectivity index (χ0) is 16.1. The highest BCUT2D eigenvalue weighted by atomic mass is 79.9. The lowest BCUT2D eigenvalue weighted by Crippen LogP contribution is -2.04. The summed E-state index contributed by atoms with van der Waals surface area (Å²) in [4.78, 5) is 22.0. The Hall–Kier alpha value is -2.41. The summed E-state index contributed by atoms with van der Waals surface area (Å²) in [6.45, 7) is 0.144. The first-order valence-corrected chi connectivity index (χ1v) is 7.04. The second-order valence-electron chi connectivity index (χ2n) is 4.35. The van der Waals surface area contributed by atoms with E-state index in [1.54, 1.807) is 0 Å². The highest BCUT2D eigenvalue weighted by molar-refractivity contribution is 9.10. The van der Waals surface area contributed by atoms with Gasteiger partial charge in [0.25, 0.3) is 0 Å². The van der Waals surface area contributed by atoms with Gasteiger partial charge < -0.3 is 9.47 Å². The molecule has 0 spiro atoms. The molecule has 0 aliphatic rings. The van der Waals surface area contributed by atoms with E-state index in [0.717, 1.165) is 10.0 Å². The Balaban J connectivity index is 2.27. The first-order chi connectivity index (χ1) is 10.5. The molecule has 0 saturated carbocycles. The van der Waals surface area contributed by atoms with E-state index in [-0.39, 0.29) is 23.6 Å². The molecule has 114 valence electrons. The van der Waals surface area contributed by atoms with E-state index in [2.05, 4.69) is 20.7 Å². The van der Waals surface area contributed by atoms with Crippen LogP contribution in [0.1, 0.15) is 15.9 Å². The van der Waals surface area contributed by atoms with Crippen molar-refractivity contribution in [1.82, 2.24) is 0 Å². The number of hydrogen-bond donors (Lipinski definition) is 0. The molecule has 2 aromatic carbocycles. The summed E-state index contributed by atoms with van der Waals surface area (Å²) in [6.07, 6.45) is 0. The van der Waals surface area contributed by atoms with Crippen LogP contribution in [0.3, 0.4) is 0 Å². The summed E-state index contributed by atoms with van der Waals surface area (Å²) in [5.41, 5.74) is 0.826. The van der Waals surface area contributed by atoms with Crippen LogP contribution >= 0.6 is 15.9 Å². The van der Waals surface area contributed by atoms with Crippen molar-refractivity contribution in [3.63, 3.8) is 0 Å². The highest BCUT2D eigenvalue weighted by Gasteiger charge is 2.18. The van der Waals surface area contributed by atoms with Gasteiger partial charge in [0.2, 0.25) is 0 Å². The fourth-order valence-electron chi connectivity index (χ4n) is 1.81. The Morgan fingerprint density at radius 2 is 2.05 bits per heavy atom. The van der Waals surface area contributed by atoms with Crippen LogP contribution in [0.15, 0.2) is 46.9 Å². The summed E-state index contributed by atoms with van der Waals surface area (Å²) in [5, 5.41) is 11.0. The molecule has 0 aromatic heterocycles. The van der Waals surface area contributed by atoms with Crippen LogP contribution in [-0.4, -0.2) is 18.0 Å². The molecule has 2 rings (SSSR count). The minimum absolute atomic E-state index is 0.0212. The fourth-order valence-corrected chi connectivity index (χ4v) is 2.26. The van der Waals surface area contributed by atoms with Crippen LogP contribution in [0, 0.1) is 10.1 Å². The van der Waals surface area contributed by atoms with Gasteiger partial charge in [-0.25, -0.2) is 4.79 Å². The van der Waals surface area contributed by atoms with Crippen molar-refractivity contribution in [1.29, 1.82) is 0 Å². The number of carbonyl (C=O) groups is 1. The number of benzene rings is 2. The van der Waals surface area contributed by atoms with Crippen molar-refractivity contribution in [2.75, 3.05) is 7.11 Å². The van der Waals surface area contributed by atoms with E-state index in [9.17, 15) is 14.9 Å². The minimum Gasteiger partial charge on any atom is -0.482 e. The number of carbonyl (C=O) groups excluding carboxylic acids is 1. The normalized spacial score (nSPS) is 10.1. The third kappa shape index (κ3) is 3.82. The molecule has 6 nitrogen and oxygen atoms in total. The molecule has 0 aliphatic carbocycles. The van der Waals surface area contributed by atoms with E-state index in [4.69, 9.17) is 4.74 Å². The highest BCUT2D eigenvalue weighted by Crippen LogP contribution is 2.29. The SMILES string of the molecule is COC(=O)c1ccc([N+](=O)[O-])c(OCc2cccc(Br)c2)c1. The van der Waals surface area contributed by atoms with Crippen molar-refractivity contribution < 1.29 is 19.2 Å². The van der Waals surface area contributed by atoms with Crippen LogP contribution < -0.4 is 4.74 Å². The quantitative estimate of drug-likeness (QED) is 0.458. The molecule has 0 saturated heterocycles. The number of hydrogen-bond acceptors (Lipinski definition) is 5. The van der Waals surface area contributed by atoms with Crippen LogP contribution in [-0.2, 0) is 11.3 Å². The Kier molecular flexibility index (Phi) is 5.11. The van der Waals surface area contributed by atoms with Gasteiger partial charge in [-0.15, -0.1) is 0 Å². The van der Waals surface area contributed by atoms with Gasteiger partial charge >= 0.3 is 11.7 Å². The van der Waals surface area contributed by atoms with Crippen LogP contribution in [0.25, 0.3) is 0 Å². The van der Waals surface area contributed by atoms with Crippen LogP contribution in [0.4, 0.5) is 5.69 Å². The van der Waals surface area contributed by atoms with E-state index >= 15 is 0 Å². The third-order valence-electron chi connectivity index (χ3n) is 2.86. The Labute approximate surface area is 134 Å². The summed E-state index contributed by atoms with van der Waals surface area (Å²) in [6, 6.07) is 11.2. The number of esters is 1. The molecular formula is C15H12BrNO5. The second-order valence-corrected chi connectivity index (χ2v) is 5.27. The Morgan fingerprint density at radius 1 is 1.27 bits per heavy atom. The Bertz CT molecular complexity index is 717. The zero-order valence-corrected chi connectivity index (χ0v) is 13.2. The number of rotatable bonds is 5.